The van der Waals surface area contributed by atoms with Crippen molar-refractivity contribution in [3.05, 3.63) is 0 Å². The van der Waals surface area contributed by atoms with Crippen molar-refractivity contribution in [2.45, 2.75) is 32.2 Å². The first-order valence-corrected chi connectivity index (χ1v) is 8.85. The highest BCUT2D eigenvalue weighted by atomic mass is 32.2. The van der Waals surface area contributed by atoms with Gasteiger partial charge >= 0.3 is 0 Å². The van der Waals surface area contributed by atoms with Crippen molar-refractivity contribution >= 4 is 28.6 Å². The van der Waals surface area contributed by atoms with E-state index in [1.807, 2.05) is 6.92 Å². The molecule has 1 aliphatic rings. The lowest BCUT2D eigenvalue weighted by molar-refractivity contribution is 0.567. The van der Waals surface area contributed by atoms with Gasteiger partial charge < -0.3 is 10.2 Å². The summed E-state index contributed by atoms with van der Waals surface area (Å²) in [4.78, 5) is 15.1. The summed E-state index contributed by atoms with van der Waals surface area (Å²) < 4.78 is 11.3. The number of nitrogens with one attached hydrogen (secondary N) is 2. The number of nitrogens with zero attached hydrogens (tertiary/aromatic N) is 4. The number of hydrogen-bond donors (Lipinski definition) is 3. The lowest BCUT2D eigenvalue weighted by Gasteiger charge is -2.27. The summed E-state index contributed by atoms with van der Waals surface area (Å²) in [6.07, 6.45) is 5.21. The average molecular weight is 313 g/mol. The van der Waals surface area contributed by atoms with Crippen molar-refractivity contribution in [2.24, 2.45) is 5.84 Å². The van der Waals surface area contributed by atoms with Gasteiger partial charge in [-0.2, -0.15) is 15.0 Å². The molecule has 118 valence electrons. The second-order valence-corrected chi connectivity index (χ2v) is 6.74. The van der Waals surface area contributed by atoms with E-state index in [9.17, 15) is 4.21 Å². The summed E-state index contributed by atoms with van der Waals surface area (Å²) in [6, 6.07) is 0.0121. The molecule has 0 amide bonds. The Morgan fingerprint density at radius 1 is 1.24 bits per heavy atom. The lowest BCUT2D eigenvalue weighted by Crippen LogP contribution is -2.32. The van der Waals surface area contributed by atoms with E-state index in [0.717, 1.165) is 25.9 Å². The van der Waals surface area contributed by atoms with Crippen LogP contribution in [-0.4, -0.2) is 50.3 Å². The van der Waals surface area contributed by atoms with Crippen molar-refractivity contribution < 1.29 is 4.21 Å². The first-order valence-electron chi connectivity index (χ1n) is 7.12. The molecular weight excluding hydrogens is 290 g/mol. The molecule has 0 spiro atoms. The summed E-state index contributed by atoms with van der Waals surface area (Å²) >= 11 is 0. The van der Waals surface area contributed by atoms with E-state index in [4.69, 9.17) is 5.84 Å². The maximum Gasteiger partial charge on any atom is 0.243 e. The normalized spacial score (nSPS) is 18.1. The molecule has 21 heavy (non-hydrogen) atoms. The third kappa shape index (κ3) is 4.78. The van der Waals surface area contributed by atoms with E-state index in [1.54, 1.807) is 6.26 Å². The van der Waals surface area contributed by atoms with Crippen LogP contribution < -0.4 is 21.5 Å². The molecule has 2 heterocycles. The van der Waals surface area contributed by atoms with Crippen LogP contribution in [-0.2, 0) is 10.8 Å². The number of hydrazine groups is 1. The number of anilines is 3. The largest absolute Gasteiger partial charge is 0.351 e. The fourth-order valence-corrected chi connectivity index (χ4v) is 3.13. The van der Waals surface area contributed by atoms with Crippen LogP contribution in [0.15, 0.2) is 0 Å². The molecule has 1 aliphatic heterocycles. The van der Waals surface area contributed by atoms with Gasteiger partial charge in [-0.05, 0) is 26.2 Å². The topological polar surface area (TPSA) is 109 Å². The van der Waals surface area contributed by atoms with E-state index >= 15 is 0 Å². The van der Waals surface area contributed by atoms with Crippen LogP contribution in [0.2, 0.25) is 0 Å². The zero-order valence-corrected chi connectivity index (χ0v) is 13.3. The predicted octanol–water partition coefficient (Wildman–Crippen LogP) is 0.326. The molecule has 2 unspecified atom stereocenters. The number of rotatable bonds is 6. The fourth-order valence-electron chi connectivity index (χ4n) is 2.34. The SMILES string of the molecule is CC(CS(C)=O)Nc1nc(NN)nc(N2CCCCC2)n1. The molecule has 0 aromatic carbocycles. The molecule has 4 N–H and O–H groups in total. The smallest absolute Gasteiger partial charge is 0.243 e. The molecule has 1 aromatic heterocycles. The highest BCUT2D eigenvalue weighted by Crippen LogP contribution is 2.18. The van der Waals surface area contributed by atoms with E-state index in [1.165, 1.54) is 6.42 Å². The van der Waals surface area contributed by atoms with Gasteiger partial charge in [-0.25, -0.2) is 5.84 Å². The summed E-state index contributed by atoms with van der Waals surface area (Å²) in [5, 5.41) is 3.15. The molecule has 1 saturated heterocycles. The molecule has 0 radical (unpaired) electrons. The van der Waals surface area contributed by atoms with Crippen LogP contribution in [0.4, 0.5) is 17.8 Å². The molecule has 1 fully saturated rings. The quantitative estimate of drug-likeness (QED) is 0.509. The average Bonchev–Trinajstić information content (AvgIpc) is 2.46. The molecule has 1 aromatic rings. The number of nitrogens with two attached hydrogens (primary N) is 1. The van der Waals surface area contributed by atoms with E-state index < -0.39 is 10.8 Å². The Labute approximate surface area is 127 Å². The predicted molar refractivity (Wildman–Crippen MR) is 85.7 cm³/mol. The second-order valence-electron chi connectivity index (χ2n) is 5.26. The number of nitrogen functional groups attached to an aromatic ring is 1. The van der Waals surface area contributed by atoms with Crippen LogP contribution in [0, 0.1) is 0 Å². The van der Waals surface area contributed by atoms with Crippen molar-refractivity contribution in [1.82, 2.24) is 15.0 Å². The van der Waals surface area contributed by atoms with Crippen LogP contribution in [0.5, 0.6) is 0 Å². The van der Waals surface area contributed by atoms with Crippen molar-refractivity contribution in [3.8, 4) is 0 Å². The molecule has 9 heteroatoms. The van der Waals surface area contributed by atoms with Crippen LogP contribution >= 0.6 is 0 Å². The third-order valence-corrected chi connectivity index (χ3v) is 4.22. The number of hydrogen-bond acceptors (Lipinski definition) is 8. The Balaban J connectivity index is 2.14. The molecule has 2 rings (SSSR count). The monoisotopic (exact) mass is 313 g/mol. The summed E-state index contributed by atoms with van der Waals surface area (Å²) in [6.45, 7) is 3.84. The first-order chi connectivity index (χ1) is 10.1. The molecule has 0 bridgehead atoms. The Morgan fingerprint density at radius 3 is 2.52 bits per heavy atom. The van der Waals surface area contributed by atoms with Gasteiger partial charge in [-0.15, -0.1) is 0 Å². The Kier molecular flexibility index (Phi) is 5.68. The van der Waals surface area contributed by atoms with Gasteiger partial charge in [0.25, 0.3) is 0 Å². The molecule has 2 atom stereocenters. The van der Waals surface area contributed by atoms with Crippen molar-refractivity contribution in [1.29, 1.82) is 0 Å². The van der Waals surface area contributed by atoms with Gasteiger partial charge in [0, 0.05) is 41.9 Å². The standard InChI is InChI=1S/C12H23N7OS/c1-9(8-21(2)20)14-10-15-11(18-13)17-12(16-10)19-6-4-3-5-7-19/h9H,3-8,13H2,1-2H3,(H2,14,15,16,17,18). The minimum absolute atomic E-state index is 0.0121. The van der Waals surface area contributed by atoms with Gasteiger partial charge in [0.1, 0.15) is 0 Å². The maximum absolute atomic E-state index is 11.3. The van der Waals surface area contributed by atoms with Gasteiger partial charge in [-0.3, -0.25) is 9.63 Å². The maximum atomic E-state index is 11.3. The molecule has 0 aliphatic carbocycles. The number of aromatic nitrogens is 3. The first kappa shape index (κ1) is 15.9. The third-order valence-electron chi connectivity index (χ3n) is 3.25. The molecule has 0 saturated carbocycles. The lowest BCUT2D eigenvalue weighted by atomic mass is 10.1. The second kappa shape index (κ2) is 7.51. The fraction of sp³-hybridized carbons (Fsp3) is 0.750. The minimum Gasteiger partial charge on any atom is -0.351 e. The van der Waals surface area contributed by atoms with Crippen molar-refractivity contribution in [2.75, 3.05) is 40.7 Å². The summed E-state index contributed by atoms with van der Waals surface area (Å²) in [5.74, 6) is 7.38. The zero-order valence-electron chi connectivity index (χ0n) is 12.5. The minimum atomic E-state index is -0.871. The van der Waals surface area contributed by atoms with Crippen LogP contribution in [0.3, 0.4) is 0 Å². The van der Waals surface area contributed by atoms with Crippen LogP contribution in [0.25, 0.3) is 0 Å². The van der Waals surface area contributed by atoms with Gasteiger partial charge in [0.05, 0.1) is 0 Å². The van der Waals surface area contributed by atoms with E-state index in [-0.39, 0.29) is 6.04 Å². The van der Waals surface area contributed by atoms with Crippen LogP contribution in [0.1, 0.15) is 26.2 Å². The van der Waals surface area contributed by atoms with Gasteiger partial charge in [0.15, 0.2) is 0 Å². The molecular formula is C12H23N7OS. The van der Waals surface area contributed by atoms with E-state index in [0.29, 0.717) is 23.6 Å². The highest BCUT2D eigenvalue weighted by Gasteiger charge is 2.17. The molecule has 8 nitrogen and oxygen atoms in total. The van der Waals surface area contributed by atoms with Crippen molar-refractivity contribution in [3.63, 3.8) is 0 Å². The van der Waals surface area contributed by atoms with Gasteiger partial charge in [0.2, 0.25) is 17.8 Å². The van der Waals surface area contributed by atoms with Gasteiger partial charge in [-0.1, -0.05) is 0 Å². The number of piperidine rings is 1. The van der Waals surface area contributed by atoms with E-state index in [2.05, 4.69) is 30.6 Å². The Morgan fingerprint density at radius 2 is 1.90 bits per heavy atom. The Hall–Kier alpha value is -1.48. The summed E-state index contributed by atoms with van der Waals surface area (Å²) in [7, 11) is -0.871. The zero-order chi connectivity index (χ0) is 15.2. The highest BCUT2D eigenvalue weighted by molar-refractivity contribution is 7.84. The summed E-state index contributed by atoms with van der Waals surface area (Å²) in [5.41, 5.74) is 2.47. The Bertz CT molecular complexity index is 492.